The maximum Gasteiger partial charge on any atom is 0.417 e. The fourth-order valence-corrected chi connectivity index (χ4v) is 3.46. The van der Waals surface area contributed by atoms with Gasteiger partial charge in [0.25, 0.3) is 0 Å². The SMILES string of the molecule is COc1ccccc1C1NC(=O)C2(CC(OC)(C(F)(F)F)C2)NC1=O. The number of nitrogens with one attached hydrogen (secondary N) is 2. The highest BCUT2D eigenvalue weighted by atomic mass is 19.4. The third kappa shape index (κ3) is 2.53. The molecule has 2 aliphatic rings. The van der Waals surface area contributed by atoms with E-state index >= 15 is 0 Å². The van der Waals surface area contributed by atoms with Gasteiger partial charge >= 0.3 is 6.18 Å². The van der Waals surface area contributed by atoms with Crippen LogP contribution >= 0.6 is 0 Å². The normalized spacial score (nSPS) is 32.0. The molecular weight excluding hydrogens is 341 g/mol. The Morgan fingerprint density at radius 1 is 1.16 bits per heavy atom. The number of hydrogen-bond donors (Lipinski definition) is 2. The maximum atomic E-state index is 13.2. The number of piperazine rings is 1. The second-order valence-corrected chi connectivity index (χ2v) is 6.27. The van der Waals surface area contributed by atoms with Crippen molar-refractivity contribution in [1.82, 2.24) is 10.6 Å². The molecule has 1 saturated carbocycles. The van der Waals surface area contributed by atoms with Gasteiger partial charge < -0.3 is 20.1 Å². The zero-order valence-corrected chi connectivity index (χ0v) is 13.6. The summed E-state index contributed by atoms with van der Waals surface area (Å²) in [7, 11) is 2.37. The smallest absolute Gasteiger partial charge is 0.417 e. The molecule has 9 heteroatoms. The number of amides is 2. The summed E-state index contributed by atoms with van der Waals surface area (Å²) >= 11 is 0. The quantitative estimate of drug-likeness (QED) is 0.858. The van der Waals surface area contributed by atoms with Crippen molar-refractivity contribution in [3.05, 3.63) is 29.8 Å². The Bertz CT molecular complexity index is 714. The molecule has 0 bridgehead atoms. The third-order valence-corrected chi connectivity index (χ3v) is 4.87. The second kappa shape index (κ2) is 5.62. The van der Waals surface area contributed by atoms with E-state index in [0.717, 1.165) is 7.11 Å². The molecule has 2 N–H and O–H groups in total. The monoisotopic (exact) mass is 358 g/mol. The van der Waals surface area contributed by atoms with Crippen molar-refractivity contribution in [3.63, 3.8) is 0 Å². The molecule has 1 aromatic carbocycles. The van der Waals surface area contributed by atoms with Gasteiger partial charge in [-0.3, -0.25) is 9.59 Å². The minimum atomic E-state index is -4.63. The first-order valence-electron chi connectivity index (χ1n) is 7.56. The van der Waals surface area contributed by atoms with Gasteiger partial charge in [0.15, 0.2) is 5.60 Å². The largest absolute Gasteiger partial charge is 0.496 e. The zero-order chi connectivity index (χ0) is 18.5. The van der Waals surface area contributed by atoms with E-state index < -0.39 is 48.0 Å². The Labute approximate surface area is 141 Å². The molecule has 1 atom stereocenters. The average Bonchev–Trinajstić information content (AvgIpc) is 2.53. The van der Waals surface area contributed by atoms with Crippen LogP contribution in [0, 0.1) is 0 Å². The summed E-state index contributed by atoms with van der Waals surface area (Å²) in [6.07, 6.45) is -5.94. The highest BCUT2D eigenvalue weighted by molar-refractivity contribution is 6.01. The van der Waals surface area contributed by atoms with Gasteiger partial charge in [-0.2, -0.15) is 13.2 Å². The number of ether oxygens (including phenoxy) is 2. The van der Waals surface area contributed by atoms with E-state index in [1.807, 2.05) is 0 Å². The van der Waals surface area contributed by atoms with Gasteiger partial charge in [-0.15, -0.1) is 0 Å². The Morgan fingerprint density at radius 3 is 2.36 bits per heavy atom. The van der Waals surface area contributed by atoms with Crippen LogP contribution in [0.1, 0.15) is 24.4 Å². The van der Waals surface area contributed by atoms with E-state index in [9.17, 15) is 22.8 Å². The Balaban J connectivity index is 1.83. The molecule has 0 radical (unpaired) electrons. The van der Waals surface area contributed by atoms with Crippen molar-refractivity contribution in [2.45, 2.75) is 36.2 Å². The molecule has 25 heavy (non-hydrogen) atoms. The van der Waals surface area contributed by atoms with Crippen LogP contribution < -0.4 is 15.4 Å². The number of halogens is 3. The van der Waals surface area contributed by atoms with Crippen LogP contribution in [0.15, 0.2) is 24.3 Å². The van der Waals surface area contributed by atoms with Crippen molar-refractivity contribution in [1.29, 1.82) is 0 Å². The average molecular weight is 358 g/mol. The van der Waals surface area contributed by atoms with Gasteiger partial charge in [0.05, 0.1) is 7.11 Å². The molecule has 1 unspecified atom stereocenters. The molecule has 6 nitrogen and oxygen atoms in total. The van der Waals surface area contributed by atoms with Gasteiger partial charge in [-0.05, 0) is 6.07 Å². The van der Waals surface area contributed by atoms with E-state index in [1.54, 1.807) is 24.3 Å². The van der Waals surface area contributed by atoms with Crippen molar-refractivity contribution in [3.8, 4) is 5.75 Å². The van der Waals surface area contributed by atoms with Crippen molar-refractivity contribution < 1.29 is 32.2 Å². The van der Waals surface area contributed by atoms with E-state index in [-0.39, 0.29) is 0 Å². The molecule has 1 saturated heterocycles. The van der Waals surface area contributed by atoms with E-state index in [4.69, 9.17) is 4.74 Å². The number of methoxy groups -OCH3 is 2. The molecule has 1 spiro atoms. The van der Waals surface area contributed by atoms with Gasteiger partial charge in [0, 0.05) is 25.5 Å². The van der Waals surface area contributed by atoms with E-state index in [0.29, 0.717) is 11.3 Å². The van der Waals surface area contributed by atoms with Crippen LogP contribution in [0.5, 0.6) is 5.75 Å². The summed E-state index contributed by atoms with van der Waals surface area (Å²) in [5, 5.41) is 4.96. The lowest BCUT2D eigenvalue weighted by Gasteiger charge is -2.56. The Kier molecular flexibility index (Phi) is 3.94. The lowest BCUT2D eigenvalue weighted by molar-refractivity contribution is -0.311. The van der Waals surface area contributed by atoms with E-state index in [1.165, 1.54) is 7.11 Å². The molecular formula is C16H17F3N2O4. The minimum Gasteiger partial charge on any atom is -0.496 e. The number of rotatable bonds is 3. The van der Waals surface area contributed by atoms with Crippen LogP contribution in [-0.4, -0.2) is 43.4 Å². The molecule has 1 aromatic rings. The summed E-state index contributed by atoms with van der Waals surface area (Å²) in [4.78, 5) is 24.9. The van der Waals surface area contributed by atoms with Crippen molar-refractivity contribution >= 4 is 11.8 Å². The number of carbonyl (C=O) groups excluding carboxylic acids is 2. The highest BCUT2D eigenvalue weighted by Crippen LogP contribution is 2.54. The third-order valence-electron chi connectivity index (χ3n) is 4.87. The van der Waals surface area contributed by atoms with E-state index in [2.05, 4.69) is 15.4 Å². The van der Waals surface area contributed by atoms with Gasteiger partial charge in [-0.25, -0.2) is 0 Å². The molecule has 2 fully saturated rings. The Morgan fingerprint density at radius 2 is 1.80 bits per heavy atom. The number of carbonyl (C=O) groups is 2. The topological polar surface area (TPSA) is 76.7 Å². The summed E-state index contributed by atoms with van der Waals surface area (Å²) in [6, 6.07) is 5.58. The minimum absolute atomic E-state index is 0.397. The first kappa shape index (κ1) is 17.5. The first-order chi connectivity index (χ1) is 11.7. The summed E-state index contributed by atoms with van der Waals surface area (Å²) in [5.74, 6) is -0.857. The van der Waals surface area contributed by atoms with Crippen LogP contribution in [-0.2, 0) is 14.3 Å². The van der Waals surface area contributed by atoms with Crippen LogP contribution in [0.25, 0.3) is 0 Å². The lowest BCUT2D eigenvalue weighted by atomic mass is 9.62. The maximum absolute atomic E-state index is 13.2. The lowest BCUT2D eigenvalue weighted by Crippen LogP contribution is -2.78. The number of benzene rings is 1. The molecule has 2 amide bonds. The fourth-order valence-electron chi connectivity index (χ4n) is 3.46. The van der Waals surface area contributed by atoms with Crippen LogP contribution in [0.2, 0.25) is 0 Å². The summed E-state index contributed by atoms with van der Waals surface area (Å²) in [6.45, 7) is 0. The van der Waals surface area contributed by atoms with Crippen molar-refractivity contribution in [2.24, 2.45) is 0 Å². The molecule has 0 aromatic heterocycles. The van der Waals surface area contributed by atoms with Gasteiger partial charge in [0.1, 0.15) is 17.3 Å². The summed E-state index contributed by atoms with van der Waals surface area (Å²) < 4.78 is 49.3. The second-order valence-electron chi connectivity index (χ2n) is 6.27. The molecule has 136 valence electrons. The molecule has 1 aliphatic carbocycles. The van der Waals surface area contributed by atoms with Gasteiger partial charge in [-0.1, -0.05) is 18.2 Å². The van der Waals surface area contributed by atoms with Gasteiger partial charge in [0.2, 0.25) is 11.8 Å². The molecule has 1 aliphatic heterocycles. The number of alkyl halides is 3. The van der Waals surface area contributed by atoms with Crippen LogP contribution in [0.3, 0.4) is 0 Å². The standard InChI is InChI=1S/C16H17F3N2O4/c1-24-10-6-4-3-5-9(10)11-12(22)21-14(13(23)20-11)7-15(8-14,25-2)16(17,18)19/h3-6,11H,7-8H2,1-2H3,(H,20,23)(H,21,22). The number of para-hydroxylation sites is 1. The molecule has 3 rings (SSSR count). The first-order valence-corrected chi connectivity index (χ1v) is 7.56. The highest BCUT2D eigenvalue weighted by Gasteiger charge is 2.72. The molecule has 1 heterocycles. The Hall–Kier alpha value is -2.29. The van der Waals surface area contributed by atoms with Crippen LogP contribution in [0.4, 0.5) is 13.2 Å². The summed E-state index contributed by atoms with van der Waals surface area (Å²) in [5.41, 5.74) is -3.60. The predicted octanol–water partition coefficient (Wildman–Crippen LogP) is 1.46. The zero-order valence-electron chi connectivity index (χ0n) is 13.6. The number of hydrogen-bond acceptors (Lipinski definition) is 4. The fraction of sp³-hybridized carbons (Fsp3) is 0.500. The van der Waals surface area contributed by atoms with Crippen molar-refractivity contribution in [2.75, 3.05) is 14.2 Å². The predicted molar refractivity (Wildman–Crippen MR) is 79.8 cm³/mol.